The Morgan fingerprint density at radius 1 is 0.467 bits per heavy atom. The minimum Gasteiger partial charge on any atom is -0.503 e. The standard InChI is InChI=1S/2C23H24F2N2O4.C22H22F2N2O4/c2*1-23-8-4-3-5-14(23)11-27-12-16(19(28)20(31-2)18(27)21(23)29)22(30)26-10-13-6-7-15(24)9-17(13)25;1-22-7-3-2-4-13(22)10-26-11-15(18(27)19(28)17(26)20(22)29)21(30)25-9-12-5-6-14(23)8-16(12)24/h2*6-7,9,12,14H,3-5,8,10-11H2,1-2H3,(H,26,30);5-6,8,11,13,28H,2-4,7,9-10H2,1H3,(H,25,30)/t2*14-,23-;13-,22-/m000/s1. The van der Waals surface area contributed by atoms with Gasteiger partial charge in [0, 0.05) is 109 Å². The van der Waals surface area contributed by atoms with Gasteiger partial charge in [0.2, 0.25) is 16.3 Å². The highest BCUT2D eigenvalue weighted by molar-refractivity contribution is 6.05. The summed E-state index contributed by atoms with van der Waals surface area (Å²) >= 11 is 0. The van der Waals surface area contributed by atoms with Crippen LogP contribution in [0.4, 0.5) is 26.3 Å². The third-order valence-corrected chi connectivity index (χ3v) is 19.9. The Bertz CT molecular complexity index is 4030. The third-order valence-electron chi connectivity index (χ3n) is 19.9. The molecule has 3 saturated carbocycles. The number of amides is 3. The number of nitrogens with zero attached hydrogens (tertiary/aromatic N) is 3. The fraction of sp³-hybridized carbons (Fsp3) is 0.426. The third kappa shape index (κ3) is 12.3. The predicted molar refractivity (Wildman–Crippen MR) is 323 cm³/mol. The first kappa shape index (κ1) is 65.8. The minimum atomic E-state index is -0.940. The van der Waals surface area contributed by atoms with Gasteiger partial charge in [-0.25, -0.2) is 26.3 Å². The SMILES string of the molecule is COc1c2n(cc(C(=O)NCc3ccc(F)cc3F)c1=O)C[C@@H]1CCCC[C@]1(C)C2=O.COc1c2n(cc(C(=O)NCc3ccc(F)cc3F)c1=O)C[C@@H]1CCCC[C@]1(C)C2=O.C[C@]12CCCC[C@H]1Cn1cc(C(=O)NCc3ccc(F)cc3F)c(=O)c(O)c1C2=O. The number of methoxy groups -OCH3 is 2. The first-order valence-corrected chi connectivity index (χ1v) is 30.6. The molecule has 3 aliphatic heterocycles. The fourth-order valence-electron chi connectivity index (χ4n) is 14.3. The molecular formula is C68H70F6N6O12. The molecule has 6 heterocycles. The number of rotatable bonds is 11. The zero-order chi connectivity index (χ0) is 66.3. The average Bonchev–Trinajstić information content (AvgIpc) is 0.748. The van der Waals surface area contributed by atoms with Crippen LogP contribution in [-0.2, 0) is 39.3 Å². The van der Waals surface area contributed by atoms with E-state index in [-0.39, 0.29) is 117 Å². The maximum Gasteiger partial charge on any atom is 0.257 e. The Morgan fingerprint density at radius 2 is 0.761 bits per heavy atom. The second kappa shape index (κ2) is 26.3. The van der Waals surface area contributed by atoms with Crippen LogP contribution in [0, 0.1) is 68.9 Å². The Labute approximate surface area is 524 Å². The van der Waals surface area contributed by atoms with E-state index in [1.807, 2.05) is 20.8 Å². The van der Waals surface area contributed by atoms with E-state index in [4.69, 9.17) is 9.47 Å². The summed E-state index contributed by atoms with van der Waals surface area (Å²) in [7, 11) is 2.60. The summed E-state index contributed by atoms with van der Waals surface area (Å²) in [5.41, 5.74) is -4.11. The van der Waals surface area contributed by atoms with E-state index in [0.717, 1.165) is 101 Å². The van der Waals surface area contributed by atoms with Crippen molar-refractivity contribution in [3.8, 4) is 17.2 Å². The number of carbonyl (C=O) groups is 6. The van der Waals surface area contributed by atoms with Gasteiger partial charge in [0.25, 0.3) is 17.7 Å². The van der Waals surface area contributed by atoms with Crippen molar-refractivity contribution in [1.29, 1.82) is 0 Å². The molecule has 0 unspecified atom stereocenters. The maximum atomic E-state index is 13.8. The van der Waals surface area contributed by atoms with Gasteiger partial charge in [-0.05, 0) is 74.5 Å². The predicted octanol–water partition coefficient (Wildman–Crippen LogP) is 10.1. The maximum absolute atomic E-state index is 13.8. The molecule has 3 aliphatic carbocycles. The van der Waals surface area contributed by atoms with Crippen LogP contribution in [0.2, 0.25) is 0 Å². The molecule has 3 aromatic carbocycles. The van der Waals surface area contributed by atoms with Gasteiger partial charge in [-0.2, -0.15) is 0 Å². The van der Waals surface area contributed by atoms with Gasteiger partial charge in [-0.15, -0.1) is 0 Å². The number of benzene rings is 3. The number of carbonyl (C=O) groups excluding carboxylic acids is 6. The molecule has 0 spiro atoms. The van der Waals surface area contributed by atoms with E-state index in [0.29, 0.717) is 32.1 Å². The highest BCUT2D eigenvalue weighted by atomic mass is 19.2. The number of hydrogen-bond acceptors (Lipinski definition) is 12. The number of fused-ring (bicyclic) bond motifs is 6. The Kier molecular flexibility index (Phi) is 18.8. The first-order chi connectivity index (χ1) is 43.7. The normalized spacial score (nSPS) is 22.6. The average molecular weight is 1280 g/mol. The van der Waals surface area contributed by atoms with Crippen molar-refractivity contribution in [2.75, 3.05) is 14.2 Å². The summed E-state index contributed by atoms with van der Waals surface area (Å²) < 4.78 is 96.0. The van der Waals surface area contributed by atoms with Crippen LogP contribution in [0.5, 0.6) is 17.2 Å². The number of aromatic nitrogens is 3. The fourth-order valence-corrected chi connectivity index (χ4v) is 14.3. The van der Waals surface area contributed by atoms with Crippen molar-refractivity contribution < 1.29 is 69.7 Å². The molecule has 6 aliphatic rings. The topological polar surface area (TPSA) is 243 Å². The van der Waals surface area contributed by atoms with E-state index >= 15 is 0 Å². The number of ether oxygens (including phenoxy) is 2. The smallest absolute Gasteiger partial charge is 0.257 e. The van der Waals surface area contributed by atoms with Crippen LogP contribution in [0.3, 0.4) is 0 Å². The molecule has 3 aromatic heterocycles. The Hall–Kier alpha value is -9.09. The summed E-state index contributed by atoms with van der Waals surface area (Å²) in [4.78, 5) is 116. The Morgan fingerprint density at radius 3 is 1.07 bits per heavy atom. The van der Waals surface area contributed by atoms with Crippen molar-refractivity contribution in [2.45, 2.75) is 137 Å². The van der Waals surface area contributed by atoms with Crippen LogP contribution in [-0.4, -0.2) is 68.1 Å². The summed E-state index contributed by atoms with van der Waals surface area (Å²) in [5.74, 6) is -8.03. The molecule has 6 atom stereocenters. The molecule has 3 fully saturated rings. The highest BCUT2D eigenvalue weighted by Gasteiger charge is 2.51. The first-order valence-electron chi connectivity index (χ1n) is 30.6. The molecule has 18 nitrogen and oxygen atoms in total. The minimum absolute atomic E-state index is 0.0539. The lowest BCUT2D eigenvalue weighted by Gasteiger charge is -2.45. The van der Waals surface area contributed by atoms with E-state index in [9.17, 15) is 74.6 Å². The van der Waals surface area contributed by atoms with Crippen molar-refractivity contribution in [3.63, 3.8) is 0 Å². The molecular weight excluding hydrogens is 1210 g/mol. The van der Waals surface area contributed by atoms with Gasteiger partial charge < -0.3 is 44.2 Å². The lowest BCUT2D eigenvalue weighted by atomic mass is 9.62. The van der Waals surface area contributed by atoms with Crippen LogP contribution < -0.4 is 41.7 Å². The van der Waals surface area contributed by atoms with E-state index in [2.05, 4.69) is 16.0 Å². The lowest BCUT2D eigenvalue weighted by Crippen LogP contribution is -2.47. The number of halogens is 6. The molecule has 486 valence electrons. The van der Waals surface area contributed by atoms with Crippen LogP contribution in [0.15, 0.2) is 87.6 Å². The quantitative estimate of drug-likeness (QED) is 0.0886. The van der Waals surface area contributed by atoms with Gasteiger partial charge in [0.15, 0.2) is 34.6 Å². The summed E-state index contributed by atoms with van der Waals surface area (Å²) in [6.45, 7) is 6.55. The number of ketones is 3. The monoisotopic (exact) mass is 1280 g/mol. The molecule has 24 heteroatoms. The molecule has 92 heavy (non-hydrogen) atoms. The van der Waals surface area contributed by atoms with Crippen LogP contribution >= 0.6 is 0 Å². The highest BCUT2D eigenvalue weighted by Crippen LogP contribution is 2.51. The van der Waals surface area contributed by atoms with Crippen LogP contribution in [0.1, 0.15) is 177 Å². The van der Waals surface area contributed by atoms with E-state index in [1.54, 1.807) is 9.13 Å². The van der Waals surface area contributed by atoms with Gasteiger partial charge in [0.05, 0.1) is 14.2 Å². The van der Waals surface area contributed by atoms with Crippen molar-refractivity contribution in [2.24, 2.45) is 34.0 Å². The zero-order valence-electron chi connectivity index (χ0n) is 51.4. The molecule has 6 aromatic rings. The van der Waals surface area contributed by atoms with Gasteiger partial charge in [0.1, 0.15) is 68.7 Å². The largest absolute Gasteiger partial charge is 0.503 e. The van der Waals surface area contributed by atoms with Gasteiger partial charge >= 0.3 is 0 Å². The molecule has 0 bridgehead atoms. The molecule has 0 saturated heterocycles. The number of aromatic hydroxyl groups is 1. The number of pyridine rings is 3. The second-order valence-electron chi connectivity index (χ2n) is 25.4. The Balaban J connectivity index is 0.000000151. The lowest BCUT2D eigenvalue weighted by molar-refractivity contribution is 0.0451. The number of hydrogen-bond donors (Lipinski definition) is 4. The van der Waals surface area contributed by atoms with Gasteiger partial charge in [-0.3, -0.25) is 43.2 Å². The van der Waals surface area contributed by atoms with Crippen molar-refractivity contribution in [3.05, 3.63) is 189 Å². The summed E-state index contributed by atoms with van der Waals surface area (Å²) in [6.07, 6.45) is 14.9. The number of nitrogens with one attached hydrogen (secondary N) is 3. The molecule has 4 N–H and O–H groups in total. The summed E-state index contributed by atoms with van der Waals surface area (Å²) in [5, 5.41) is 17.9. The zero-order valence-corrected chi connectivity index (χ0v) is 51.4. The molecule has 12 rings (SSSR count). The van der Waals surface area contributed by atoms with E-state index in [1.165, 1.54) is 55.6 Å². The van der Waals surface area contributed by atoms with Crippen LogP contribution in [0.25, 0.3) is 0 Å². The van der Waals surface area contributed by atoms with Gasteiger partial charge in [-0.1, -0.05) is 77.5 Å². The summed E-state index contributed by atoms with van der Waals surface area (Å²) in [6, 6.07) is 9.07. The van der Waals surface area contributed by atoms with E-state index < -0.39 is 90.9 Å². The van der Waals surface area contributed by atoms with Crippen molar-refractivity contribution >= 4 is 35.1 Å². The number of Topliss-reactive ketones (excluding diaryl/α,β-unsaturated/α-hetero) is 3. The van der Waals surface area contributed by atoms with Crippen molar-refractivity contribution in [1.82, 2.24) is 29.7 Å². The second-order valence-corrected chi connectivity index (χ2v) is 25.4. The molecule has 0 radical (unpaired) electrons. The molecule has 3 amide bonds.